The van der Waals surface area contributed by atoms with E-state index in [1.807, 2.05) is 0 Å². The van der Waals surface area contributed by atoms with E-state index in [0.717, 1.165) is 38.5 Å². The van der Waals surface area contributed by atoms with Crippen LogP contribution in [0.1, 0.15) is 144 Å². The smallest absolute Gasteiger partial charge is 0.331 e. The van der Waals surface area contributed by atoms with Gasteiger partial charge in [-0.3, -0.25) is 28.8 Å². The van der Waals surface area contributed by atoms with Crippen LogP contribution in [0, 0.1) is 0 Å². The molecule has 0 saturated carbocycles. The summed E-state index contributed by atoms with van der Waals surface area (Å²) in [5.41, 5.74) is 5.14. The zero-order chi connectivity index (χ0) is 37.6. The molecule has 0 spiro atoms. The number of ketones is 4. The van der Waals surface area contributed by atoms with Gasteiger partial charge in [0.05, 0.1) is 7.11 Å². The van der Waals surface area contributed by atoms with Crippen LogP contribution in [0.15, 0.2) is 68.9 Å². The molecule has 0 unspecified atom stereocenters. The summed E-state index contributed by atoms with van der Waals surface area (Å²) in [7, 11) is 1.37. The van der Waals surface area contributed by atoms with Crippen LogP contribution >= 0.6 is 0 Å². The van der Waals surface area contributed by atoms with E-state index >= 15 is 0 Å². The van der Waals surface area contributed by atoms with Crippen molar-refractivity contribution in [2.24, 2.45) is 0 Å². The number of carbonyl (C=O) groups excluding carboxylic acids is 5. The van der Waals surface area contributed by atoms with E-state index in [9.17, 15) is 33.9 Å². The van der Waals surface area contributed by atoms with Crippen LogP contribution in [0.3, 0.4) is 0 Å². The Morgan fingerprint density at radius 2 is 0.960 bits per heavy atom. The maximum absolute atomic E-state index is 12.4. The predicted molar refractivity (Wildman–Crippen MR) is 197 cm³/mol. The van der Waals surface area contributed by atoms with Crippen molar-refractivity contribution in [2.45, 2.75) is 144 Å². The highest BCUT2D eigenvalue weighted by atomic mass is 16.6. The maximum Gasteiger partial charge on any atom is 0.331 e. The lowest BCUT2D eigenvalue weighted by Crippen LogP contribution is -2.24. The van der Waals surface area contributed by atoms with E-state index in [2.05, 4.69) is 19.3 Å². The molecule has 2 rings (SSSR count). The highest BCUT2D eigenvalue weighted by Crippen LogP contribution is 2.24. The van der Waals surface area contributed by atoms with Gasteiger partial charge in [-0.1, -0.05) is 90.9 Å². The Labute approximate surface area is 299 Å². The summed E-state index contributed by atoms with van der Waals surface area (Å²) in [4.78, 5) is 76.7. The van der Waals surface area contributed by atoms with Crippen LogP contribution in [-0.2, 0) is 33.6 Å². The summed E-state index contributed by atoms with van der Waals surface area (Å²) in [6.07, 6.45) is 22.1. The van der Waals surface area contributed by atoms with Crippen LogP contribution in [0.2, 0.25) is 0 Å². The second-order valence-electron chi connectivity index (χ2n) is 13.1. The fourth-order valence-electron chi connectivity index (χ4n) is 5.56. The molecular weight excluding hydrogens is 634 g/mol. The van der Waals surface area contributed by atoms with Crippen molar-refractivity contribution in [3.63, 3.8) is 0 Å². The molecule has 1 amide bonds. The van der Waals surface area contributed by atoms with Gasteiger partial charge in [0.15, 0.2) is 23.1 Å². The monoisotopic (exact) mass is 693 g/mol. The fraction of sp³-hybridized carbons (Fsp3) is 0.561. The second kappa shape index (κ2) is 24.2. The summed E-state index contributed by atoms with van der Waals surface area (Å²) in [5, 5.41) is 9.34. The molecule has 0 fully saturated rings. The van der Waals surface area contributed by atoms with Crippen LogP contribution < -0.4 is 5.48 Å². The molecule has 0 radical (unpaired) electrons. The number of nitrogens with one attached hydrogen (secondary N) is 1. The highest BCUT2D eigenvalue weighted by Gasteiger charge is 2.24. The van der Waals surface area contributed by atoms with E-state index in [-0.39, 0.29) is 45.8 Å². The van der Waals surface area contributed by atoms with Gasteiger partial charge in [-0.05, 0) is 77.7 Å². The van der Waals surface area contributed by atoms with Crippen molar-refractivity contribution in [1.29, 1.82) is 0 Å². The first-order valence-corrected chi connectivity index (χ1v) is 18.2. The molecule has 2 aliphatic rings. The zero-order valence-corrected chi connectivity index (χ0v) is 31.4. The predicted octanol–water partition coefficient (Wildman–Crippen LogP) is 8.70. The Bertz CT molecular complexity index is 1430. The summed E-state index contributed by atoms with van der Waals surface area (Å²) in [6, 6.07) is 0. The molecule has 0 heterocycles. The number of hydrogen-bond acceptors (Lipinski definition) is 7. The summed E-state index contributed by atoms with van der Waals surface area (Å²) in [5.74, 6) is -2.26. The van der Waals surface area contributed by atoms with Crippen molar-refractivity contribution < 1.29 is 38.7 Å². The number of carboxylic acids is 1. The third kappa shape index (κ3) is 15.3. The lowest BCUT2D eigenvalue weighted by atomic mass is 9.89. The van der Waals surface area contributed by atoms with E-state index < -0.39 is 5.97 Å². The standard InChI is InChI=1S/C21H31NO4.C20H28O4/c1-5-6-7-8-9-10-11-12-17(21(25)22-26-4)13-18-14-19(23)15(2)16(3)20(18)24;1-4-5-6-7-8-9-10-11-16(20(23)24)12-17-13-18(21)14(2)15(3)19(17)22/h13-14H,5-12H2,1-4H3,(H,22,25);12-13H,4-11H2,1-3H3,(H,23,24)/b17-13+;16-12+. The van der Waals surface area contributed by atoms with Crippen molar-refractivity contribution in [3.8, 4) is 0 Å². The van der Waals surface area contributed by atoms with Crippen molar-refractivity contribution in [1.82, 2.24) is 5.48 Å². The first kappa shape index (κ1) is 44.0. The number of carbonyl (C=O) groups is 6. The Morgan fingerprint density at radius 1 is 0.600 bits per heavy atom. The van der Waals surface area contributed by atoms with Gasteiger partial charge in [-0.2, -0.15) is 0 Å². The molecule has 0 saturated heterocycles. The summed E-state index contributed by atoms with van der Waals surface area (Å²) < 4.78 is 0. The van der Waals surface area contributed by atoms with Crippen molar-refractivity contribution in [2.75, 3.05) is 7.11 Å². The molecular formula is C41H59NO8. The number of aliphatic carboxylic acids is 1. The number of allylic oxidation sites excluding steroid dienone is 10. The first-order chi connectivity index (χ1) is 23.8. The minimum absolute atomic E-state index is 0.184. The van der Waals surface area contributed by atoms with Gasteiger partial charge < -0.3 is 5.11 Å². The fourth-order valence-corrected chi connectivity index (χ4v) is 5.56. The minimum Gasteiger partial charge on any atom is -0.478 e. The van der Waals surface area contributed by atoms with E-state index in [0.29, 0.717) is 40.7 Å². The Balaban J connectivity index is 0.000000502. The SMILES string of the molecule is CCCCCCCCC/C(=C\C1=CC(=O)C(C)=C(C)C1=O)C(=O)NOC.CCCCCCCCC/C(=C\C1=CC(=O)C(C)=C(C)C1=O)C(=O)O. The van der Waals surface area contributed by atoms with Crippen molar-refractivity contribution in [3.05, 3.63) is 68.9 Å². The minimum atomic E-state index is -1.02. The Morgan fingerprint density at radius 3 is 1.34 bits per heavy atom. The quantitative estimate of drug-likeness (QED) is 0.0526. The maximum atomic E-state index is 12.4. The normalized spacial score (nSPS) is 15.6. The number of unbranched alkanes of at least 4 members (excludes halogenated alkanes) is 12. The molecule has 276 valence electrons. The Hall–Kier alpha value is -3.98. The molecule has 0 aromatic rings. The molecule has 0 aromatic heterocycles. The second-order valence-corrected chi connectivity index (χ2v) is 13.1. The number of hydrogen-bond donors (Lipinski definition) is 2. The third-order valence-electron chi connectivity index (χ3n) is 9.16. The van der Waals surface area contributed by atoms with Crippen LogP contribution in [-0.4, -0.2) is 47.2 Å². The Kier molecular flexibility index (Phi) is 21.3. The number of Topliss-reactive ketones (excluding diaryl/α,β-unsaturated/α-hetero) is 2. The van der Waals surface area contributed by atoms with Gasteiger partial charge >= 0.3 is 5.97 Å². The van der Waals surface area contributed by atoms with Gasteiger partial charge in [0.2, 0.25) is 0 Å². The molecule has 0 aromatic carbocycles. The molecule has 9 heteroatoms. The van der Waals surface area contributed by atoms with E-state index in [1.54, 1.807) is 27.7 Å². The number of rotatable bonds is 21. The van der Waals surface area contributed by atoms with Gasteiger partial charge in [0.1, 0.15) is 0 Å². The number of carboxylic acid groups (broad SMARTS) is 1. The molecule has 0 atom stereocenters. The molecule has 0 aliphatic heterocycles. The highest BCUT2D eigenvalue weighted by molar-refractivity contribution is 6.24. The van der Waals surface area contributed by atoms with Gasteiger partial charge in [0, 0.05) is 44.6 Å². The van der Waals surface area contributed by atoms with Crippen LogP contribution in [0.4, 0.5) is 0 Å². The van der Waals surface area contributed by atoms with Gasteiger partial charge in [-0.25, -0.2) is 10.3 Å². The van der Waals surface area contributed by atoms with Crippen LogP contribution in [0.25, 0.3) is 0 Å². The van der Waals surface area contributed by atoms with Gasteiger partial charge in [0.25, 0.3) is 5.91 Å². The first-order valence-electron chi connectivity index (χ1n) is 18.2. The lowest BCUT2D eigenvalue weighted by molar-refractivity contribution is -0.133. The largest absolute Gasteiger partial charge is 0.478 e. The molecule has 9 nitrogen and oxygen atoms in total. The lowest BCUT2D eigenvalue weighted by Gasteiger charge is -2.13. The molecule has 50 heavy (non-hydrogen) atoms. The number of amides is 1. The zero-order valence-electron chi connectivity index (χ0n) is 31.4. The van der Waals surface area contributed by atoms with Gasteiger partial charge in [-0.15, -0.1) is 0 Å². The van der Waals surface area contributed by atoms with Crippen molar-refractivity contribution >= 4 is 35.0 Å². The summed E-state index contributed by atoms with van der Waals surface area (Å²) in [6.45, 7) is 10.9. The molecule has 2 N–H and O–H groups in total. The molecule has 0 bridgehead atoms. The van der Waals surface area contributed by atoms with Crippen LogP contribution in [0.5, 0.6) is 0 Å². The number of hydroxylamine groups is 1. The van der Waals surface area contributed by atoms with E-state index in [1.165, 1.54) is 82.8 Å². The molecule has 2 aliphatic carbocycles. The third-order valence-corrected chi connectivity index (χ3v) is 9.16. The average Bonchev–Trinajstić information content (AvgIpc) is 3.09. The topological polar surface area (TPSA) is 144 Å². The van der Waals surface area contributed by atoms with E-state index in [4.69, 9.17) is 4.84 Å². The average molecular weight is 694 g/mol. The summed E-state index contributed by atoms with van der Waals surface area (Å²) >= 11 is 0.